The summed E-state index contributed by atoms with van der Waals surface area (Å²) < 4.78 is 63.4. The second-order valence-electron chi connectivity index (χ2n) is 4.37. The van der Waals surface area contributed by atoms with E-state index in [1.54, 1.807) is 0 Å². The van der Waals surface area contributed by atoms with Crippen molar-refractivity contribution in [2.24, 2.45) is 0 Å². The Kier molecular flexibility index (Phi) is 3.04. The maximum atomic E-state index is 12.7. The predicted molar refractivity (Wildman–Crippen MR) is 61.7 cm³/mol. The number of hydrogen-bond donors (Lipinski definition) is 1. The summed E-state index contributed by atoms with van der Waals surface area (Å²) in [4.78, 5) is 0. The number of sulfonamides is 1. The van der Waals surface area contributed by atoms with Gasteiger partial charge in [0, 0.05) is 5.69 Å². The number of rotatable bonds is 3. The lowest BCUT2D eigenvalue weighted by Gasteiger charge is -2.13. The van der Waals surface area contributed by atoms with E-state index >= 15 is 0 Å². The fourth-order valence-electron chi connectivity index (χ4n) is 1.62. The highest BCUT2D eigenvalue weighted by molar-refractivity contribution is 7.93. The highest BCUT2D eigenvalue weighted by Gasteiger charge is 2.37. The minimum Gasteiger partial charge on any atom is -0.283 e. The van der Waals surface area contributed by atoms with Crippen LogP contribution in [0.15, 0.2) is 18.2 Å². The van der Waals surface area contributed by atoms with Crippen LogP contribution in [0, 0.1) is 6.92 Å². The van der Waals surface area contributed by atoms with Crippen LogP contribution in [0.25, 0.3) is 0 Å². The molecule has 0 radical (unpaired) electrons. The van der Waals surface area contributed by atoms with E-state index < -0.39 is 27.0 Å². The first-order chi connectivity index (χ1) is 8.20. The lowest BCUT2D eigenvalue weighted by Crippen LogP contribution is -2.18. The average Bonchev–Trinajstić information content (AvgIpc) is 3.02. The van der Waals surface area contributed by atoms with Crippen molar-refractivity contribution in [3.63, 3.8) is 0 Å². The molecule has 100 valence electrons. The van der Waals surface area contributed by atoms with Crippen molar-refractivity contribution in [2.45, 2.75) is 31.2 Å². The molecule has 1 saturated carbocycles. The summed E-state index contributed by atoms with van der Waals surface area (Å²) in [6.45, 7) is 1.34. The zero-order valence-electron chi connectivity index (χ0n) is 9.58. The molecule has 1 aromatic carbocycles. The van der Waals surface area contributed by atoms with Crippen LogP contribution in [0.2, 0.25) is 0 Å². The molecule has 0 bridgehead atoms. The van der Waals surface area contributed by atoms with Gasteiger partial charge in [0.2, 0.25) is 10.0 Å². The molecule has 0 amide bonds. The van der Waals surface area contributed by atoms with Crippen LogP contribution in [-0.2, 0) is 16.2 Å². The van der Waals surface area contributed by atoms with Gasteiger partial charge >= 0.3 is 6.18 Å². The van der Waals surface area contributed by atoms with Crippen LogP contribution in [-0.4, -0.2) is 13.7 Å². The van der Waals surface area contributed by atoms with Gasteiger partial charge in [-0.3, -0.25) is 4.72 Å². The highest BCUT2D eigenvalue weighted by Crippen LogP contribution is 2.35. The lowest BCUT2D eigenvalue weighted by atomic mass is 10.1. The van der Waals surface area contributed by atoms with Gasteiger partial charge < -0.3 is 0 Å². The van der Waals surface area contributed by atoms with E-state index in [1.807, 2.05) is 0 Å². The topological polar surface area (TPSA) is 46.2 Å². The first-order valence-corrected chi connectivity index (χ1v) is 6.94. The van der Waals surface area contributed by atoms with E-state index in [-0.39, 0.29) is 11.3 Å². The Labute approximate surface area is 103 Å². The SMILES string of the molecule is Cc1ccc(NS(=O)(=O)C2CC2)cc1C(F)(F)F. The number of alkyl halides is 3. The second kappa shape index (κ2) is 4.15. The Balaban J connectivity index is 2.30. The third-order valence-electron chi connectivity index (χ3n) is 2.77. The molecule has 0 aliphatic heterocycles. The molecule has 1 aromatic rings. The lowest BCUT2D eigenvalue weighted by molar-refractivity contribution is -0.138. The molecule has 0 atom stereocenters. The Morgan fingerprint density at radius 1 is 1.28 bits per heavy atom. The van der Waals surface area contributed by atoms with Gasteiger partial charge in [0.15, 0.2) is 0 Å². The summed E-state index contributed by atoms with van der Waals surface area (Å²) in [7, 11) is -3.53. The van der Waals surface area contributed by atoms with Gasteiger partial charge in [0.05, 0.1) is 10.8 Å². The quantitative estimate of drug-likeness (QED) is 0.924. The molecule has 18 heavy (non-hydrogen) atoms. The predicted octanol–water partition coefficient (Wildman–Crippen LogP) is 2.92. The smallest absolute Gasteiger partial charge is 0.283 e. The van der Waals surface area contributed by atoms with Crippen molar-refractivity contribution in [1.29, 1.82) is 0 Å². The van der Waals surface area contributed by atoms with Crippen LogP contribution < -0.4 is 4.72 Å². The summed E-state index contributed by atoms with van der Waals surface area (Å²) in [5.74, 6) is 0. The van der Waals surface area contributed by atoms with Gasteiger partial charge in [-0.1, -0.05) is 6.07 Å². The largest absolute Gasteiger partial charge is 0.416 e. The Morgan fingerprint density at radius 3 is 2.39 bits per heavy atom. The molecule has 0 saturated heterocycles. The van der Waals surface area contributed by atoms with E-state index in [0.717, 1.165) is 6.07 Å². The maximum absolute atomic E-state index is 12.7. The molecule has 1 aliphatic rings. The van der Waals surface area contributed by atoms with Gasteiger partial charge in [0.1, 0.15) is 0 Å². The van der Waals surface area contributed by atoms with Crippen molar-refractivity contribution in [1.82, 2.24) is 0 Å². The minimum atomic E-state index is -4.48. The zero-order chi connectivity index (χ0) is 13.6. The summed E-state index contributed by atoms with van der Waals surface area (Å²) in [5, 5.41) is -0.465. The van der Waals surface area contributed by atoms with Crippen LogP contribution in [0.4, 0.5) is 18.9 Å². The van der Waals surface area contributed by atoms with E-state index in [9.17, 15) is 21.6 Å². The molecule has 1 fully saturated rings. The number of anilines is 1. The molecule has 0 aromatic heterocycles. The van der Waals surface area contributed by atoms with Gasteiger partial charge in [-0.15, -0.1) is 0 Å². The van der Waals surface area contributed by atoms with Gasteiger partial charge in [-0.25, -0.2) is 8.42 Å². The van der Waals surface area contributed by atoms with E-state index in [2.05, 4.69) is 4.72 Å². The first-order valence-electron chi connectivity index (χ1n) is 5.39. The highest BCUT2D eigenvalue weighted by atomic mass is 32.2. The Hall–Kier alpha value is -1.24. The Morgan fingerprint density at radius 2 is 1.89 bits per heavy atom. The molecular formula is C11H12F3NO2S. The number of nitrogens with one attached hydrogen (secondary N) is 1. The summed E-state index contributed by atoms with van der Waals surface area (Å²) in [6, 6.07) is 3.42. The molecule has 1 N–H and O–H groups in total. The molecular weight excluding hydrogens is 267 g/mol. The average molecular weight is 279 g/mol. The van der Waals surface area contributed by atoms with Crippen molar-refractivity contribution in [3.8, 4) is 0 Å². The van der Waals surface area contributed by atoms with Crippen LogP contribution in [0.5, 0.6) is 0 Å². The van der Waals surface area contributed by atoms with Crippen molar-refractivity contribution >= 4 is 15.7 Å². The fourth-order valence-corrected chi connectivity index (χ4v) is 3.00. The monoisotopic (exact) mass is 279 g/mol. The third kappa shape index (κ3) is 2.77. The third-order valence-corrected chi connectivity index (χ3v) is 4.64. The van der Waals surface area contributed by atoms with Crippen molar-refractivity contribution in [3.05, 3.63) is 29.3 Å². The standard InChI is InChI=1S/C11H12F3NO2S/c1-7-2-3-8(6-10(7)11(12,13)14)15-18(16,17)9-4-5-9/h2-3,6,9,15H,4-5H2,1H3. The molecule has 0 heterocycles. The molecule has 1 aliphatic carbocycles. The fraction of sp³-hybridized carbons (Fsp3) is 0.455. The van der Waals surface area contributed by atoms with Crippen LogP contribution in [0.1, 0.15) is 24.0 Å². The van der Waals surface area contributed by atoms with E-state index in [1.165, 1.54) is 19.1 Å². The summed E-state index contributed by atoms with van der Waals surface area (Å²) >= 11 is 0. The molecule has 3 nitrogen and oxygen atoms in total. The minimum absolute atomic E-state index is 0.0418. The zero-order valence-corrected chi connectivity index (χ0v) is 10.4. The van der Waals surface area contributed by atoms with Gasteiger partial charge in [-0.2, -0.15) is 13.2 Å². The molecule has 0 unspecified atom stereocenters. The number of halogens is 3. The Bertz CT molecular complexity index is 562. The van der Waals surface area contributed by atoms with Crippen molar-refractivity contribution in [2.75, 3.05) is 4.72 Å². The normalized spacial score (nSPS) is 16.7. The molecule has 7 heteroatoms. The van der Waals surface area contributed by atoms with E-state index in [4.69, 9.17) is 0 Å². The summed E-state index contributed by atoms with van der Waals surface area (Å²) in [5.41, 5.74) is -0.796. The van der Waals surface area contributed by atoms with E-state index in [0.29, 0.717) is 12.8 Å². The second-order valence-corrected chi connectivity index (χ2v) is 6.33. The number of benzene rings is 1. The summed E-state index contributed by atoms with van der Waals surface area (Å²) in [6.07, 6.45) is -3.36. The van der Waals surface area contributed by atoms with Crippen LogP contribution >= 0.6 is 0 Å². The van der Waals surface area contributed by atoms with Gasteiger partial charge in [0.25, 0.3) is 0 Å². The number of hydrogen-bond acceptors (Lipinski definition) is 2. The van der Waals surface area contributed by atoms with Crippen molar-refractivity contribution < 1.29 is 21.6 Å². The molecule has 2 rings (SSSR count). The first kappa shape index (κ1) is 13.2. The molecule has 0 spiro atoms. The van der Waals surface area contributed by atoms with Crippen LogP contribution in [0.3, 0.4) is 0 Å². The number of aryl methyl sites for hydroxylation is 1. The maximum Gasteiger partial charge on any atom is 0.416 e. The van der Waals surface area contributed by atoms with Gasteiger partial charge in [-0.05, 0) is 37.5 Å².